The molecular weight excluding hydrogens is 377 g/mol. The minimum Gasteiger partial charge on any atom is -0.335 e. The molecule has 0 heterocycles. The van der Waals surface area contributed by atoms with Gasteiger partial charge in [0.05, 0.1) is 5.56 Å². The highest BCUT2D eigenvalue weighted by Crippen LogP contribution is 2.28. The van der Waals surface area contributed by atoms with Crippen molar-refractivity contribution in [1.82, 2.24) is 4.90 Å². The summed E-state index contributed by atoms with van der Waals surface area (Å²) in [5.74, 6) is -0.673. The van der Waals surface area contributed by atoms with Crippen molar-refractivity contribution in [1.29, 1.82) is 0 Å². The number of amides is 1. The fourth-order valence-corrected chi connectivity index (χ4v) is 3.50. The summed E-state index contributed by atoms with van der Waals surface area (Å²) < 4.78 is 14.4. The molecule has 0 saturated heterocycles. The maximum atomic E-state index is 13.9. The van der Waals surface area contributed by atoms with Gasteiger partial charge in [0, 0.05) is 22.4 Å². The quantitative estimate of drug-likeness (QED) is 0.696. The second-order valence-electron chi connectivity index (χ2n) is 4.72. The third kappa shape index (κ3) is 3.37. The first-order valence-corrected chi connectivity index (χ1v) is 8.37. The zero-order valence-electron chi connectivity index (χ0n) is 10.5. The summed E-state index contributed by atoms with van der Waals surface area (Å²) in [6.45, 7) is 0.615. The van der Waals surface area contributed by atoms with E-state index in [0.717, 1.165) is 25.7 Å². The van der Waals surface area contributed by atoms with Gasteiger partial charge in [0.2, 0.25) is 0 Å². The monoisotopic (exact) mass is 391 g/mol. The molecule has 2 nitrogen and oxygen atoms in total. The van der Waals surface area contributed by atoms with Crippen LogP contribution in [0.2, 0.25) is 0 Å². The van der Waals surface area contributed by atoms with Crippen LogP contribution in [-0.2, 0) is 0 Å². The number of hydrogen-bond acceptors (Lipinski definition) is 1. The van der Waals surface area contributed by atoms with Crippen LogP contribution in [0.1, 0.15) is 36.0 Å². The number of alkyl halides is 1. The lowest BCUT2D eigenvalue weighted by atomic mass is 10.1. The van der Waals surface area contributed by atoms with E-state index in [2.05, 4.69) is 31.9 Å². The number of halogens is 3. The molecule has 0 bridgehead atoms. The average Bonchev–Trinajstić information content (AvgIpc) is 2.89. The van der Waals surface area contributed by atoms with Crippen LogP contribution in [0.3, 0.4) is 0 Å². The van der Waals surface area contributed by atoms with Gasteiger partial charge in [-0.15, -0.1) is 0 Å². The van der Waals surface area contributed by atoms with E-state index in [1.54, 1.807) is 12.1 Å². The Bertz CT molecular complexity index is 441. The zero-order valence-corrected chi connectivity index (χ0v) is 13.7. The SMILES string of the molecule is O=C(c1c(F)cccc1Br)N(CCBr)C1CCCC1. The fourth-order valence-electron chi connectivity index (χ4n) is 2.60. The van der Waals surface area contributed by atoms with Gasteiger partial charge in [0.15, 0.2) is 0 Å². The molecule has 5 heteroatoms. The van der Waals surface area contributed by atoms with E-state index in [1.807, 2.05) is 4.90 Å². The van der Waals surface area contributed by atoms with Gasteiger partial charge >= 0.3 is 0 Å². The Morgan fingerprint density at radius 2 is 2.05 bits per heavy atom. The Labute approximate surface area is 129 Å². The van der Waals surface area contributed by atoms with Gasteiger partial charge in [0.1, 0.15) is 5.82 Å². The summed E-state index contributed by atoms with van der Waals surface area (Å²) >= 11 is 6.65. The number of hydrogen-bond donors (Lipinski definition) is 0. The Morgan fingerprint density at radius 1 is 1.37 bits per heavy atom. The fraction of sp³-hybridized carbons (Fsp3) is 0.500. The average molecular weight is 393 g/mol. The lowest BCUT2D eigenvalue weighted by molar-refractivity contribution is 0.0690. The van der Waals surface area contributed by atoms with Crippen LogP contribution in [0.4, 0.5) is 4.39 Å². The number of benzene rings is 1. The topological polar surface area (TPSA) is 20.3 Å². The van der Waals surface area contributed by atoms with Crippen molar-refractivity contribution in [3.05, 3.63) is 34.1 Å². The summed E-state index contributed by atoms with van der Waals surface area (Å²) in [5.41, 5.74) is 0.148. The number of rotatable bonds is 4. The summed E-state index contributed by atoms with van der Waals surface area (Å²) in [4.78, 5) is 14.4. The predicted molar refractivity (Wildman–Crippen MR) is 81.2 cm³/mol. The first-order valence-electron chi connectivity index (χ1n) is 6.46. The van der Waals surface area contributed by atoms with Gasteiger partial charge in [-0.3, -0.25) is 4.79 Å². The molecule has 0 spiro atoms. The van der Waals surface area contributed by atoms with E-state index < -0.39 is 5.82 Å². The minimum atomic E-state index is -0.461. The molecule has 0 aliphatic heterocycles. The number of nitrogens with zero attached hydrogens (tertiary/aromatic N) is 1. The third-order valence-electron chi connectivity index (χ3n) is 3.53. The third-order valence-corrected chi connectivity index (χ3v) is 4.54. The summed E-state index contributed by atoms with van der Waals surface area (Å²) in [6.07, 6.45) is 4.33. The highest BCUT2D eigenvalue weighted by atomic mass is 79.9. The Morgan fingerprint density at radius 3 is 2.63 bits per heavy atom. The Hall–Kier alpha value is -0.420. The highest BCUT2D eigenvalue weighted by molar-refractivity contribution is 9.10. The normalized spacial score (nSPS) is 15.7. The van der Waals surface area contributed by atoms with E-state index in [4.69, 9.17) is 0 Å². The first-order chi connectivity index (χ1) is 9.15. The van der Waals surface area contributed by atoms with Crippen molar-refractivity contribution in [2.24, 2.45) is 0 Å². The second kappa shape index (κ2) is 6.84. The van der Waals surface area contributed by atoms with E-state index in [9.17, 15) is 9.18 Å². The Kier molecular flexibility index (Phi) is 5.39. The lowest BCUT2D eigenvalue weighted by Crippen LogP contribution is -2.40. The molecule has 1 aromatic rings. The molecule has 1 fully saturated rings. The van der Waals surface area contributed by atoms with Crippen molar-refractivity contribution in [2.75, 3.05) is 11.9 Å². The van der Waals surface area contributed by atoms with Crippen LogP contribution in [0.15, 0.2) is 22.7 Å². The smallest absolute Gasteiger partial charge is 0.258 e. The molecule has 2 rings (SSSR count). The van der Waals surface area contributed by atoms with Crippen LogP contribution in [0, 0.1) is 5.82 Å². The molecule has 0 atom stereocenters. The lowest BCUT2D eigenvalue weighted by Gasteiger charge is -2.29. The maximum absolute atomic E-state index is 13.9. The van der Waals surface area contributed by atoms with Crippen LogP contribution in [0.5, 0.6) is 0 Å². The molecular formula is C14H16Br2FNO. The Balaban J connectivity index is 2.28. The van der Waals surface area contributed by atoms with E-state index in [0.29, 0.717) is 16.3 Å². The molecule has 1 amide bonds. The number of carbonyl (C=O) groups excluding carboxylic acids is 1. The van der Waals surface area contributed by atoms with E-state index in [-0.39, 0.29) is 17.5 Å². The van der Waals surface area contributed by atoms with Crippen LogP contribution in [0.25, 0.3) is 0 Å². The largest absolute Gasteiger partial charge is 0.335 e. The molecule has 0 unspecified atom stereocenters. The standard InChI is InChI=1S/C14H16Br2FNO/c15-8-9-18(10-4-1-2-5-10)14(19)13-11(16)6-3-7-12(13)17/h3,6-7,10H,1-2,4-5,8-9H2. The van der Waals surface area contributed by atoms with Crippen LogP contribution in [-0.4, -0.2) is 28.7 Å². The van der Waals surface area contributed by atoms with Crippen molar-refractivity contribution >= 4 is 37.8 Å². The first kappa shape index (κ1) is 15.0. The van der Waals surface area contributed by atoms with E-state index >= 15 is 0 Å². The van der Waals surface area contributed by atoms with Gasteiger partial charge in [-0.05, 0) is 40.9 Å². The van der Waals surface area contributed by atoms with Crippen molar-refractivity contribution < 1.29 is 9.18 Å². The van der Waals surface area contributed by atoms with Crippen molar-refractivity contribution in [2.45, 2.75) is 31.7 Å². The van der Waals surface area contributed by atoms with Crippen molar-refractivity contribution in [3.8, 4) is 0 Å². The maximum Gasteiger partial charge on any atom is 0.258 e. The van der Waals surface area contributed by atoms with Gasteiger partial charge < -0.3 is 4.90 Å². The number of carbonyl (C=O) groups is 1. The molecule has 19 heavy (non-hydrogen) atoms. The highest BCUT2D eigenvalue weighted by Gasteiger charge is 2.29. The molecule has 0 N–H and O–H groups in total. The van der Waals surface area contributed by atoms with Crippen LogP contribution < -0.4 is 0 Å². The summed E-state index contributed by atoms with van der Waals surface area (Å²) in [7, 11) is 0. The molecule has 0 aromatic heterocycles. The molecule has 104 valence electrons. The zero-order chi connectivity index (χ0) is 13.8. The molecule has 0 radical (unpaired) electrons. The van der Waals surface area contributed by atoms with E-state index in [1.165, 1.54) is 6.07 Å². The van der Waals surface area contributed by atoms with Gasteiger partial charge in [-0.1, -0.05) is 34.8 Å². The van der Waals surface area contributed by atoms with Gasteiger partial charge in [-0.25, -0.2) is 4.39 Å². The summed E-state index contributed by atoms with van der Waals surface area (Å²) in [5, 5.41) is 0.710. The van der Waals surface area contributed by atoms with Gasteiger partial charge in [0.25, 0.3) is 5.91 Å². The van der Waals surface area contributed by atoms with Crippen LogP contribution >= 0.6 is 31.9 Å². The van der Waals surface area contributed by atoms with Gasteiger partial charge in [-0.2, -0.15) is 0 Å². The predicted octanol–water partition coefficient (Wildman–Crippen LogP) is 4.37. The molecule has 1 aromatic carbocycles. The minimum absolute atomic E-state index is 0.148. The van der Waals surface area contributed by atoms with Crippen molar-refractivity contribution in [3.63, 3.8) is 0 Å². The second-order valence-corrected chi connectivity index (χ2v) is 6.37. The molecule has 1 aliphatic carbocycles. The molecule has 1 aliphatic rings. The molecule has 1 saturated carbocycles. The summed E-state index contributed by atoms with van der Waals surface area (Å²) in [6, 6.07) is 4.88.